The van der Waals surface area contributed by atoms with E-state index < -0.39 is 5.82 Å². The van der Waals surface area contributed by atoms with E-state index >= 15 is 0 Å². The Morgan fingerprint density at radius 3 is 2.48 bits per heavy atom. The van der Waals surface area contributed by atoms with Crippen LogP contribution in [-0.2, 0) is 4.79 Å². The van der Waals surface area contributed by atoms with Crippen LogP contribution in [0.25, 0.3) is 0 Å². The Morgan fingerprint density at radius 1 is 1.15 bits per heavy atom. The average Bonchev–Trinajstić information content (AvgIpc) is 2.70. The molecule has 1 saturated carbocycles. The van der Waals surface area contributed by atoms with Crippen LogP contribution in [0.4, 0.5) is 4.39 Å². The van der Waals surface area contributed by atoms with Crippen molar-refractivity contribution in [2.75, 3.05) is 39.8 Å². The highest BCUT2D eigenvalue weighted by Gasteiger charge is 2.27. The van der Waals surface area contributed by atoms with Crippen molar-refractivity contribution in [1.29, 1.82) is 0 Å². The van der Waals surface area contributed by atoms with E-state index in [4.69, 9.17) is 11.6 Å². The van der Waals surface area contributed by atoms with E-state index in [1.807, 2.05) is 11.9 Å². The van der Waals surface area contributed by atoms with Gasteiger partial charge in [0.05, 0.1) is 12.1 Å². The number of amides is 2. The van der Waals surface area contributed by atoms with Gasteiger partial charge in [0, 0.05) is 44.3 Å². The molecule has 5 nitrogen and oxygen atoms in total. The van der Waals surface area contributed by atoms with Crippen molar-refractivity contribution in [3.8, 4) is 0 Å². The number of carbonyl (C=O) groups excluding carboxylic acids is 2. The summed E-state index contributed by atoms with van der Waals surface area (Å²) in [6.07, 6.45) is 5.85. The monoisotopic (exact) mass is 395 g/mol. The van der Waals surface area contributed by atoms with E-state index in [1.165, 1.54) is 37.5 Å². The number of hydrogen-bond donors (Lipinski definition) is 0. The second-order valence-corrected chi connectivity index (χ2v) is 7.93. The van der Waals surface area contributed by atoms with Crippen LogP contribution in [0, 0.1) is 5.82 Å². The Bertz CT molecular complexity index is 686. The first-order valence-corrected chi connectivity index (χ1v) is 10.1. The molecule has 1 aromatic carbocycles. The van der Waals surface area contributed by atoms with Crippen LogP contribution in [0.3, 0.4) is 0 Å². The van der Waals surface area contributed by atoms with Gasteiger partial charge >= 0.3 is 0 Å². The molecule has 1 aliphatic carbocycles. The van der Waals surface area contributed by atoms with Gasteiger partial charge in [0.1, 0.15) is 5.82 Å². The molecule has 2 fully saturated rings. The first-order chi connectivity index (χ1) is 13.0. The van der Waals surface area contributed by atoms with Crippen LogP contribution in [0.2, 0.25) is 5.02 Å². The van der Waals surface area contributed by atoms with Crippen LogP contribution < -0.4 is 0 Å². The molecular weight excluding hydrogens is 369 g/mol. The minimum atomic E-state index is -0.559. The predicted octanol–water partition coefficient (Wildman–Crippen LogP) is 3.03. The second-order valence-electron chi connectivity index (χ2n) is 7.49. The molecule has 0 unspecified atom stereocenters. The minimum absolute atomic E-state index is 0.00376. The Balaban J connectivity index is 1.50. The number of likely N-dealkylation sites (N-methyl/N-ethyl adjacent to an activating group) is 1. The molecule has 0 spiro atoms. The van der Waals surface area contributed by atoms with Gasteiger partial charge in [0.25, 0.3) is 5.91 Å². The lowest BCUT2D eigenvalue weighted by molar-refractivity contribution is -0.134. The maximum Gasteiger partial charge on any atom is 0.256 e. The highest BCUT2D eigenvalue weighted by Crippen LogP contribution is 2.22. The van der Waals surface area contributed by atoms with Gasteiger partial charge < -0.3 is 9.80 Å². The van der Waals surface area contributed by atoms with Gasteiger partial charge in [-0.05, 0) is 31.0 Å². The van der Waals surface area contributed by atoms with Crippen molar-refractivity contribution in [1.82, 2.24) is 14.7 Å². The molecule has 2 aliphatic rings. The molecule has 3 rings (SSSR count). The van der Waals surface area contributed by atoms with E-state index in [0.29, 0.717) is 43.8 Å². The molecule has 148 valence electrons. The maximum absolute atomic E-state index is 13.9. The normalized spacial score (nSPS) is 19.1. The summed E-state index contributed by atoms with van der Waals surface area (Å²) < 4.78 is 13.9. The van der Waals surface area contributed by atoms with Crippen molar-refractivity contribution in [2.24, 2.45) is 0 Å². The van der Waals surface area contributed by atoms with Crippen LogP contribution in [0.5, 0.6) is 0 Å². The summed E-state index contributed by atoms with van der Waals surface area (Å²) in [6, 6.07) is 4.37. The van der Waals surface area contributed by atoms with Gasteiger partial charge in [0.15, 0.2) is 0 Å². The van der Waals surface area contributed by atoms with Crippen LogP contribution in [0.1, 0.15) is 42.5 Å². The summed E-state index contributed by atoms with van der Waals surface area (Å²) in [5.41, 5.74) is 0.00376. The smallest absolute Gasteiger partial charge is 0.256 e. The van der Waals surface area contributed by atoms with Crippen molar-refractivity contribution in [3.05, 3.63) is 34.6 Å². The van der Waals surface area contributed by atoms with Crippen molar-refractivity contribution < 1.29 is 14.0 Å². The van der Waals surface area contributed by atoms with Crippen LogP contribution in [-0.4, -0.2) is 72.3 Å². The quantitative estimate of drug-likeness (QED) is 0.787. The molecule has 1 heterocycles. The minimum Gasteiger partial charge on any atom is -0.342 e. The first-order valence-electron chi connectivity index (χ1n) is 9.68. The van der Waals surface area contributed by atoms with Gasteiger partial charge in [-0.3, -0.25) is 14.5 Å². The molecule has 0 radical (unpaired) electrons. The number of rotatable bonds is 4. The highest BCUT2D eigenvalue weighted by atomic mass is 35.5. The molecule has 2 amide bonds. The molecule has 0 atom stereocenters. The number of hydrogen-bond acceptors (Lipinski definition) is 3. The second kappa shape index (κ2) is 9.02. The third kappa shape index (κ3) is 4.99. The molecule has 1 aliphatic heterocycles. The van der Waals surface area contributed by atoms with Gasteiger partial charge in [-0.15, -0.1) is 0 Å². The summed E-state index contributed by atoms with van der Waals surface area (Å²) in [5, 5.41) is 0.342. The van der Waals surface area contributed by atoms with Crippen molar-refractivity contribution >= 4 is 23.4 Å². The third-order valence-electron chi connectivity index (χ3n) is 5.69. The zero-order valence-corrected chi connectivity index (χ0v) is 16.6. The fourth-order valence-corrected chi connectivity index (χ4v) is 4.09. The molecule has 0 N–H and O–H groups in total. The number of piperazine rings is 1. The Kier molecular flexibility index (Phi) is 6.71. The molecule has 0 aromatic heterocycles. The molecule has 1 aromatic rings. The Labute approximate surface area is 165 Å². The molecule has 1 saturated heterocycles. The fraction of sp³-hybridized carbons (Fsp3) is 0.600. The van der Waals surface area contributed by atoms with Gasteiger partial charge in [-0.1, -0.05) is 30.9 Å². The zero-order chi connectivity index (χ0) is 19.4. The molecule has 7 heteroatoms. The summed E-state index contributed by atoms with van der Waals surface area (Å²) >= 11 is 5.89. The summed E-state index contributed by atoms with van der Waals surface area (Å²) in [7, 11) is 1.90. The number of halogens is 2. The van der Waals surface area contributed by atoms with E-state index in [-0.39, 0.29) is 17.4 Å². The Morgan fingerprint density at radius 2 is 1.81 bits per heavy atom. The largest absolute Gasteiger partial charge is 0.342 e. The van der Waals surface area contributed by atoms with E-state index in [1.54, 1.807) is 4.90 Å². The van der Waals surface area contributed by atoms with Gasteiger partial charge in [0.2, 0.25) is 5.91 Å². The van der Waals surface area contributed by atoms with E-state index in [9.17, 15) is 14.0 Å². The highest BCUT2D eigenvalue weighted by molar-refractivity contribution is 6.31. The van der Waals surface area contributed by atoms with Gasteiger partial charge in [-0.25, -0.2) is 4.39 Å². The number of nitrogens with zero attached hydrogens (tertiary/aromatic N) is 3. The van der Waals surface area contributed by atoms with Crippen molar-refractivity contribution in [2.45, 2.75) is 38.1 Å². The molecule has 27 heavy (non-hydrogen) atoms. The number of benzene rings is 1. The predicted molar refractivity (Wildman–Crippen MR) is 103 cm³/mol. The maximum atomic E-state index is 13.9. The number of carbonyl (C=O) groups is 2. The lowest BCUT2D eigenvalue weighted by atomic mass is 9.94. The molecule has 0 bridgehead atoms. The standard InChI is InChI=1S/C20H27ClFN3O2/c1-23(16-5-3-2-4-6-16)19(26)14-24-9-11-25(12-10-24)20(27)17-13-15(21)7-8-18(17)22/h7-8,13,16H,2-6,9-12,14H2,1H3. The van der Waals surface area contributed by atoms with Crippen LogP contribution in [0.15, 0.2) is 18.2 Å². The third-order valence-corrected chi connectivity index (χ3v) is 5.93. The summed E-state index contributed by atoms with van der Waals surface area (Å²) in [4.78, 5) is 30.7. The van der Waals surface area contributed by atoms with Gasteiger partial charge in [-0.2, -0.15) is 0 Å². The SMILES string of the molecule is CN(C(=O)CN1CCN(C(=O)c2cc(Cl)ccc2F)CC1)C1CCCCC1. The van der Waals surface area contributed by atoms with E-state index in [2.05, 4.69) is 4.90 Å². The first kappa shape index (κ1) is 20.1. The summed E-state index contributed by atoms with van der Waals surface area (Å²) in [5.74, 6) is -0.765. The Hall–Kier alpha value is -1.66. The molecular formula is C20H27ClFN3O2. The topological polar surface area (TPSA) is 43.9 Å². The average molecular weight is 396 g/mol. The lowest BCUT2D eigenvalue weighted by Gasteiger charge is -2.37. The summed E-state index contributed by atoms with van der Waals surface area (Å²) in [6.45, 7) is 2.55. The van der Waals surface area contributed by atoms with Crippen LogP contribution >= 0.6 is 11.6 Å². The van der Waals surface area contributed by atoms with E-state index in [0.717, 1.165) is 12.8 Å². The lowest BCUT2D eigenvalue weighted by Crippen LogP contribution is -2.52. The van der Waals surface area contributed by atoms with Crippen molar-refractivity contribution in [3.63, 3.8) is 0 Å². The zero-order valence-electron chi connectivity index (χ0n) is 15.8. The fourth-order valence-electron chi connectivity index (χ4n) is 3.92.